The van der Waals surface area contributed by atoms with Crippen LogP contribution < -0.4 is 10.6 Å². The molecule has 0 aliphatic heterocycles. The van der Waals surface area contributed by atoms with E-state index in [9.17, 15) is 4.79 Å². The topological polar surface area (TPSA) is 46.1 Å². The van der Waals surface area contributed by atoms with Gasteiger partial charge >= 0.3 is 6.03 Å². The summed E-state index contributed by atoms with van der Waals surface area (Å²) in [6, 6.07) is 23.2. The largest absolute Gasteiger partial charge is 0.336 e. The predicted molar refractivity (Wildman–Crippen MR) is 126 cm³/mol. The molecular weight excluding hydrogens is 390 g/mol. The minimum Gasteiger partial charge on any atom is -0.336 e. The highest BCUT2D eigenvalue weighted by Crippen LogP contribution is 2.36. The van der Waals surface area contributed by atoms with Crippen molar-refractivity contribution in [1.82, 2.24) is 15.2 Å². The number of para-hydroxylation sites is 1. The predicted octanol–water partition coefficient (Wildman–Crippen LogP) is 6.02. The van der Waals surface area contributed by atoms with Crippen LogP contribution in [0.15, 0.2) is 72.1 Å². The average molecular weight is 418 g/mol. The second-order valence-electron chi connectivity index (χ2n) is 7.53. The van der Waals surface area contributed by atoms with Crippen LogP contribution in [-0.4, -0.2) is 16.6 Å². The standard InChI is InChI=1S/C25H27N3OS/c1-3-18(2)27-25(29)26-16-21-20-12-7-8-13-22(20)28(17-19-10-5-4-6-11-19)24(21)23-14-9-15-30-23/h4-15,18H,3,16-17H2,1-2H3,(H2,26,27,29)/t18-/m0/s1. The smallest absolute Gasteiger partial charge is 0.315 e. The van der Waals surface area contributed by atoms with E-state index >= 15 is 0 Å². The Balaban J connectivity index is 1.77. The Morgan fingerprint density at radius 2 is 1.80 bits per heavy atom. The molecule has 4 nitrogen and oxygen atoms in total. The minimum atomic E-state index is -0.124. The van der Waals surface area contributed by atoms with Crippen molar-refractivity contribution in [3.05, 3.63) is 83.2 Å². The van der Waals surface area contributed by atoms with Crippen molar-refractivity contribution in [2.45, 2.75) is 39.4 Å². The van der Waals surface area contributed by atoms with Gasteiger partial charge in [-0.2, -0.15) is 0 Å². The number of hydrogen-bond donors (Lipinski definition) is 2. The summed E-state index contributed by atoms with van der Waals surface area (Å²) in [6.07, 6.45) is 0.907. The van der Waals surface area contributed by atoms with Gasteiger partial charge in [0.1, 0.15) is 0 Å². The summed E-state index contributed by atoms with van der Waals surface area (Å²) < 4.78 is 2.38. The van der Waals surface area contributed by atoms with Crippen LogP contribution in [0.3, 0.4) is 0 Å². The van der Waals surface area contributed by atoms with Crippen molar-refractivity contribution in [2.24, 2.45) is 0 Å². The minimum absolute atomic E-state index is 0.124. The summed E-state index contributed by atoms with van der Waals surface area (Å²) in [5.74, 6) is 0. The number of hydrogen-bond acceptors (Lipinski definition) is 2. The van der Waals surface area contributed by atoms with Crippen LogP contribution in [0.2, 0.25) is 0 Å². The van der Waals surface area contributed by atoms with E-state index in [0.29, 0.717) is 6.54 Å². The summed E-state index contributed by atoms with van der Waals surface area (Å²) in [4.78, 5) is 13.6. The lowest BCUT2D eigenvalue weighted by Gasteiger charge is -2.14. The van der Waals surface area contributed by atoms with Crippen molar-refractivity contribution in [3.8, 4) is 10.6 Å². The molecule has 154 valence electrons. The zero-order valence-corrected chi connectivity index (χ0v) is 18.2. The van der Waals surface area contributed by atoms with Gasteiger partial charge in [-0.1, -0.05) is 61.5 Å². The van der Waals surface area contributed by atoms with E-state index in [1.807, 2.05) is 13.0 Å². The Morgan fingerprint density at radius 3 is 2.53 bits per heavy atom. The maximum Gasteiger partial charge on any atom is 0.315 e. The molecule has 2 aromatic heterocycles. The maximum atomic E-state index is 12.4. The number of aromatic nitrogens is 1. The molecule has 0 saturated heterocycles. The first-order chi connectivity index (χ1) is 14.7. The summed E-state index contributed by atoms with van der Waals surface area (Å²) in [5, 5.41) is 9.36. The third kappa shape index (κ3) is 4.26. The molecule has 5 heteroatoms. The molecular formula is C25H27N3OS. The molecule has 0 bridgehead atoms. The van der Waals surface area contributed by atoms with Crippen LogP contribution in [0.5, 0.6) is 0 Å². The Bertz CT molecular complexity index is 1120. The van der Waals surface area contributed by atoms with Gasteiger partial charge in [-0.3, -0.25) is 0 Å². The number of urea groups is 1. The second kappa shape index (κ2) is 9.18. The van der Waals surface area contributed by atoms with E-state index in [4.69, 9.17) is 0 Å². The molecule has 0 spiro atoms. The number of nitrogens with one attached hydrogen (secondary N) is 2. The Kier molecular flexibility index (Phi) is 6.19. The van der Waals surface area contributed by atoms with Gasteiger partial charge in [0.15, 0.2) is 0 Å². The van der Waals surface area contributed by atoms with E-state index in [-0.39, 0.29) is 12.1 Å². The van der Waals surface area contributed by atoms with E-state index in [0.717, 1.165) is 18.5 Å². The number of carbonyl (C=O) groups excluding carboxylic acids is 1. The molecule has 2 N–H and O–H groups in total. The molecule has 4 aromatic rings. The van der Waals surface area contributed by atoms with Gasteiger partial charge in [-0.25, -0.2) is 4.79 Å². The molecule has 0 aliphatic carbocycles. The fourth-order valence-electron chi connectivity index (χ4n) is 3.72. The summed E-state index contributed by atoms with van der Waals surface area (Å²) in [7, 11) is 0. The molecule has 0 fully saturated rings. The molecule has 0 aliphatic rings. The first kappa shape index (κ1) is 20.2. The summed E-state index contributed by atoms with van der Waals surface area (Å²) >= 11 is 1.73. The first-order valence-electron chi connectivity index (χ1n) is 10.4. The van der Waals surface area contributed by atoms with Gasteiger partial charge in [-0.15, -0.1) is 11.3 Å². The number of benzene rings is 2. The third-order valence-electron chi connectivity index (χ3n) is 5.43. The van der Waals surface area contributed by atoms with E-state index in [1.54, 1.807) is 11.3 Å². The lowest BCUT2D eigenvalue weighted by atomic mass is 10.1. The van der Waals surface area contributed by atoms with Crippen molar-refractivity contribution in [1.29, 1.82) is 0 Å². The van der Waals surface area contributed by atoms with Gasteiger partial charge in [0.25, 0.3) is 0 Å². The van der Waals surface area contributed by atoms with Gasteiger partial charge < -0.3 is 15.2 Å². The SMILES string of the molecule is CC[C@H](C)NC(=O)NCc1c(-c2cccs2)n(Cc2ccccc2)c2ccccc12. The van der Waals surface area contributed by atoms with Crippen molar-refractivity contribution in [3.63, 3.8) is 0 Å². The molecule has 2 aromatic carbocycles. The Labute approximate surface area is 181 Å². The van der Waals surface area contributed by atoms with Crippen LogP contribution in [0.25, 0.3) is 21.5 Å². The van der Waals surface area contributed by atoms with Gasteiger partial charge in [0.05, 0.1) is 10.6 Å². The Morgan fingerprint density at radius 1 is 1.03 bits per heavy atom. The van der Waals surface area contributed by atoms with E-state index in [2.05, 4.69) is 88.2 Å². The van der Waals surface area contributed by atoms with Crippen molar-refractivity contribution < 1.29 is 4.79 Å². The van der Waals surface area contributed by atoms with Gasteiger partial charge in [0, 0.05) is 35.6 Å². The first-order valence-corrected chi connectivity index (χ1v) is 11.3. The average Bonchev–Trinajstić information content (AvgIpc) is 3.39. The van der Waals surface area contributed by atoms with Gasteiger partial charge in [-0.05, 0) is 36.4 Å². The Hall–Kier alpha value is -3.05. The highest BCUT2D eigenvalue weighted by atomic mass is 32.1. The fourth-order valence-corrected chi connectivity index (χ4v) is 4.53. The molecule has 0 saturated carbocycles. The summed E-state index contributed by atoms with van der Waals surface area (Å²) in [5.41, 5.74) is 4.77. The van der Waals surface area contributed by atoms with Crippen molar-refractivity contribution >= 4 is 28.3 Å². The van der Waals surface area contributed by atoms with E-state index in [1.165, 1.54) is 27.0 Å². The van der Waals surface area contributed by atoms with Crippen LogP contribution in [0.1, 0.15) is 31.4 Å². The lowest BCUT2D eigenvalue weighted by Crippen LogP contribution is -2.40. The molecule has 4 rings (SSSR count). The number of nitrogens with zero attached hydrogens (tertiary/aromatic N) is 1. The zero-order chi connectivity index (χ0) is 20.9. The number of thiophene rings is 1. The van der Waals surface area contributed by atoms with Crippen LogP contribution in [0, 0.1) is 0 Å². The van der Waals surface area contributed by atoms with Crippen LogP contribution >= 0.6 is 11.3 Å². The monoisotopic (exact) mass is 417 g/mol. The van der Waals surface area contributed by atoms with Crippen LogP contribution in [0.4, 0.5) is 4.79 Å². The molecule has 1 atom stereocenters. The zero-order valence-electron chi connectivity index (χ0n) is 17.4. The maximum absolute atomic E-state index is 12.4. The van der Waals surface area contributed by atoms with E-state index < -0.39 is 0 Å². The fraction of sp³-hybridized carbons (Fsp3) is 0.240. The number of rotatable bonds is 7. The third-order valence-corrected chi connectivity index (χ3v) is 6.31. The highest BCUT2D eigenvalue weighted by molar-refractivity contribution is 7.13. The van der Waals surface area contributed by atoms with Crippen LogP contribution in [-0.2, 0) is 13.1 Å². The lowest BCUT2D eigenvalue weighted by molar-refractivity contribution is 0.237. The highest BCUT2D eigenvalue weighted by Gasteiger charge is 2.20. The number of amides is 2. The molecule has 0 unspecified atom stereocenters. The molecule has 2 amide bonds. The number of carbonyl (C=O) groups is 1. The molecule has 30 heavy (non-hydrogen) atoms. The molecule has 0 radical (unpaired) electrons. The van der Waals surface area contributed by atoms with Gasteiger partial charge in [0.2, 0.25) is 0 Å². The van der Waals surface area contributed by atoms with Crippen molar-refractivity contribution in [2.75, 3.05) is 0 Å². The quantitative estimate of drug-likeness (QED) is 0.380. The summed E-state index contributed by atoms with van der Waals surface area (Å²) in [6.45, 7) is 5.35. The second-order valence-corrected chi connectivity index (χ2v) is 8.48. The normalized spacial score (nSPS) is 12.1. The molecule has 2 heterocycles. The number of fused-ring (bicyclic) bond motifs is 1.